The molecule has 2 N–H and O–H groups in total. The SMILES string of the molecule is CC(C)CNC(=O)c1ccccc1NC(=O)[C@@H]1CCCN(S(C)(=O)=O)C1. The number of benzene rings is 1. The van der Waals surface area contributed by atoms with Crippen molar-refractivity contribution in [2.75, 3.05) is 31.2 Å². The minimum absolute atomic E-state index is 0.173. The third kappa shape index (κ3) is 5.54. The molecular formula is C18H27N3O4S. The molecule has 0 spiro atoms. The molecule has 0 radical (unpaired) electrons. The Morgan fingerprint density at radius 3 is 2.62 bits per heavy atom. The average molecular weight is 381 g/mol. The van der Waals surface area contributed by atoms with E-state index in [1.54, 1.807) is 24.3 Å². The topological polar surface area (TPSA) is 95.6 Å². The van der Waals surface area contributed by atoms with Crippen molar-refractivity contribution in [3.63, 3.8) is 0 Å². The highest BCUT2D eigenvalue weighted by Gasteiger charge is 2.30. The van der Waals surface area contributed by atoms with Crippen molar-refractivity contribution in [3.8, 4) is 0 Å². The fourth-order valence-electron chi connectivity index (χ4n) is 2.87. The monoisotopic (exact) mass is 381 g/mol. The molecule has 144 valence electrons. The summed E-state index contributed by atoms with van der Waals surface area (Å²) in [4.78, 5) is 25.0. The summed E-state index contributed by atoms with van der Waals surface area (Å²) in [7, 11) is -3.31. The van der Waals surface area contributed by atoms with Crippen molar-refractivity contribution in [3.05, 3.63) is 29.8 Å². The molecular weight excluding hydrogens is 354 g/mol. The third-order valence-corrected chi connectivity index (χ3v) is 5.59. The van der Waals surface area contributed by atoms with Crippen LogP contribution in [0.3, 0.4) is 0 Å². The van der Waals surface area contributed by atoms with Gasteiger partial charge in [-0.3, -0.25) is 9.59 Å². The lowest BCUT2D eigenvalue weighted by Crippen LogP contribution is -2.43. The number of nitrogens with one attached hydrogen (secondary N) is 2. The van der Waals surface area contributed by atoms with Crippen LogP contribution >= 0.6 is 0 Å². The van der Waals surface area contributed by atoms with Gasteiger partial charge in [0.25, 0.3) is 5.91 Å². The number of rotatable bonds is 6. The lowest BCUT2D eigenvalue weighted by atomic mass is 9.98. The second-order valence-corrected chi connectivity index (χ2v) is 9.08. The number of anilines is 1. The Hall–Kier alpha value is -1.93. The first kappa shape index (κ1) is 20.4. The van der Waals surface area contributed by atoms with E-state index in [2.05, 4.69) is 10.6 Å². The van der Waals surface area contributed by atoms with Crippen LogP contribution in [-0.4, -0.2) is 50.4 Å². The molecule has 1 aromatic carbocycles. The third-order valence-electron chi connectivity index (χ3n) is 4.32. The van der Waals surface area contributed by atoms with Crippen LogP contribution in [0.2, 0.25) is 0 Å². The number of hydrogen-bond donors (Lipinski definition) is 2. The smallest absolute Gasteiger partial charge is 0.253 e. The van der Waals surface area contributed by atoms with Crippen molar-refractivity contribution in [2.45, 2.75) is 26.7 Å². The van der Waals surface area contributed by atoms with Gasteiger partial charge in [0.2, 0.25) is 15.9 Å². The Labute approximate surface area is 155 Å². The molecule has 1 fully saturated rings. The Morgan fingerprint density at radius 1 is 1.27 bits per heavy atom. The van der Waals surface area contributed by atoms with E-state index < -0.39 is 15.9 Å². The first-order valence-electron chi connectivity index (χ1n) is 8.81. The first-order chi connectivity index (χ1) is 12.2. The van der Waals surface area contributed by atoms with Gasteiger partial charge in [-0.25, -0.2) is 12.7 Å². The van der Waals surface area contributed by atoms with E-state index in [1.165, 1.54) is 4.31 Å². The van der Waals surface area contributed by atoms with Gasteiger partial charge in [-0.2, -0.15) is 0 Å². The zero-order valence-corrected chi connectivity index (χ0v) is 16.3. The number of nitrogens with zero attached hydrogens (tertiary/aromatic N) is 1. The molecule has 1 saturated heterocycles. The molecule has 1 aromatic rings. The second-order valence-electron chi connectivity index (χ2n) is 7.10. The predicted octanol–water partition coefficient (Wildman–Crippen LogP) is 1.68. The molecule has 8 heteroatoms. The second kappa shape index (κ2) is 8.64. The largest absolute Gasteiger partial charge is 0.352 e. The van der Waals surface area contributed by atoms with Crippen LogP contribution in [-0.2, 0) is 14.8 Å². The maximum atomic E-state index is 12.6. The summed E-state index contributed by atoms with van der Waals surface area (Å²) in [6.45, 7) is 5.17. The molecule has 0 aromatic heterocycles. The highest BCUT2D eigenvalue weighted by Crippen LogP contribution is 2.22. The van der Waals surface area contributed by atoms with Gasteiger partial charge in [0, 0.05) is 19.6 Å². The van der Waals surface area contributed by atoms with Gasteiger partial charge < -0.3 is 10.6 Å². The van der Waals surface area contributed by atoms with Gasteiger partial charge in [-0.1, -0.05) is 26.0 Å². The number of carbonyl (C=O) groups is 2. The minimum Gasteiger partial charge on any atom is -0.352 e. The summed E-state index contributed by atoms with van der Waals surface area (Å²) in [5, 5.41) is 5.64. The van der Waals surface area contributed by atoms with E-state index in [0.717, 1.165) is 6.26 Å². The maximum absolute atomic E-state index is 12.6. The number of carbonyl (C=O) groups excluding carboxylic acids is 2. The first-order valence-corrected chi connectivity index (χ1v) is 10.7. The van der Waals surface area contributed by atoms with Crippen LogP contribution in [0, 0.1) is 11.8 Å². The molecule has 7 nitrogen and oxygen atoms in total. The summed E-state index contributed by atoms with van der Waals surface area (Å²) in [6.07, 6.45) is 2.42. The van der Waals surface area contributed by atoms with Crippen LogP contribution in [0.5, 0.6) is 0 Å². The van der Waals surface area contributed by atoms with Gasteiger partial charge >= 0.3 is 0 Å². The van der Waals surface area contributed by atoms with Crippen molar-refractivity contribution in [1.29, 1.82) is 0 Å². The minimum atomic E-state index is -3.31. The summed E-state index contributed by atoms with van der Waals surface area (Å²) >= 11 is 0. The van der Waals surface area contributed by atoms with E-state index in [0.29, 0.717) is 43.1 Å². The summed E-state index contributed by atoms with van der Waals surface area (Å²) < 4.78 is 24.8. The lowest BCUT2D eigenvalue weighted by molar-refractivity contribution is -0.120. The Kier molecular flexibility index (Phi) is 6.77. The lowest BCUT2D eigenvalue weighted by Gasteiger charge is -2.30. The normalized spacial score (nSPS) is 18.5. The standard InChI is InChI=1S/C18H27N3O4S/c1-13(2)11-19-18(23)15-8-4-5-9-16(15)20-17(22)14-7-6-10-21(12-14)26(3,24)25/h4-5,8-9,13-14H,6-7,10-12H2,1-3H3,(H,19,23)(H,20,22)/t14-/m1/s1. The molecule has 0 bridgehead atoms. The highest BCUT2D eigenvalue weighted by atomic mass is 32.2. The van der Waals surface area contributed by atoms with Gasteiger partial charge in [0.05, 0.1) is 23.4 Å². The Morgan fingerprint density at radius 2 is 1.96 bits per heavy atom. The summed E-state index contributed by atoms with van der Waals surface area (Å²) in [6, 6.07) is 6.83. The summed E-state index contributed by atoms with van der Waals surface area (Å²) in [5.41, 5.74) is 0.840. The van der Waals surface area contributed by atoms with E-state index in [-0.39, 0.29) is 18.4 Å². The van der Waals surface area contributed by atoms with Crippen LogP contribution in [0.4, 0.5) is 5.69 Å². The molecule has 2 rings (SSSR count). The van der Waals surface area contributed by atoms with Crippen molar-refractivity contribution < 1.29 is 18.0 Å². The molecule has 1 aliphatic rings. The van der Waals surface area contributed by atoms with Crippen LogP contribution < -0.4 is 10.6 Å². The molecule has 2 amide bonds. The molecule has 0 unspecified atom stereocenters. The number of para-hydroxylation sites is 1. The van der Waals surface area contributed by atoms with Crippen LogP contribution in [0.25, 0.3) is 0 Å². The van der Waals surface area contributed by atoms with Gasteiger partial charge in [-0.05, 0) is 30.9 Å². The number of amides is 2. The van der Waals surface area contributed by atoms with Crippen molar-refractivity contribution in [1.82, 2.24) is 9.62 Å². The molecule has 1 atom stereocenters. The Bertz CT molecular complexity index is 761. The average Bonchev–Trinajstić information content (AvgIpc) is 2.59. The van der Waals surface area contributed by atoms with Crippen molar-refractivity contribution >= 4 is 27.5 Å². The number of sulfonamides is 1. The maximum Gasteiger partial charge on any atom is 0.253 e. The van der Waals surface area contributed by atoms with E-state index in [4.69, 9.17) is 0 Å². The van der Waals surface area contributed by atoms with Gasteiger partial charge in [-0.15, -0.1) is 0 Å². The molecule has 26 heavy (non-hydrogen) atoms. The molecule has 0 saturated carbocycles. The number of hydrogen-bond acceptors (Lipinski definition) is 4. The molecule has 1 heterocycles. The van der Waals surface area contributed by atoms with Crippen molar-refractivity contribution in [2.24, 2.45) is 11.8 Å². The van der Waals surface area contributed by atoms with Crippen LogP contribution in [0.1, 0.15) is 37.0 Å². The molecule has 0 aliphatic carbocycles. The quantitative estimate of drug-likeness (QED) is 0.784. The predicted molar refractivity (Wildman–Crippen MR) is 101 cm³/mol. The fraction of sp³-hybridized carbons (Fsp3) is 0.556. The zero-order chi connectivity index (χ0) is 19.3. The van der Waals surface area contributed by atoms with E-state index >= 15 is 0 Å². The van der Waals surface area contributed by atoms with E-state index in [9.17, 15) is 18.0 Å². The summed E-state index contributed by atoms with van der Waals surface area (Å²) in [5.74, 6) is -0.603. The van der Waals surface area contributed by atoms with Crippen LogP contribution in [0.15, 0.2) is 24.3 Å². The van der Waals surface area contributed by atoms with Gasteiger partial charge in [0.15, 0.2) is 0 Å². The van der Waals surface area contributed by atoms with Gasteiger partial charge in [0.1, 0.15) is 0 Å². The number of piperidine rings is 1. The Balaban J connectivity index is 2.08. The fourth-order valence-corrected chi connectivity index (χ4v) is 3.79. The molecule has 1 aliphatic heterocycles. The van der Waals surface area contributed by atoms with E-state index in [1.807, 2.05) is 13.8 Å². The highest BCUT2D eigenvalue weighted by molar-refractivity contribution is 7.88. The zero-order valence-electron chi connectivity index (χ0n) is 15.5.